The molecule has 1 unspecified atom stereocenters. The SMILES string of the molecule is Cc1nnc2c(N3CCC(NC(=O)c4cccc(N(C)C)c4)C3)nccn12. The van der Waals surface area contributed by atoms with E-state index in [1.165, 1.54) is 0 Å². The van der Waals surface area contributed by atoms with Gasteiger partial charge in [-0.3, -0.25) is 9.20 Å². The lowest BCUT2D eigenvalue weighted by Gasteiger charge is -2.18. The minimum atomic E-state index is -0.0463. The van der Waals surface area contributed by atoms with Crippen LogP contribution in [0.2, 0.25) is 0 Å². The molecule has 1 amide bonds. The van der Waals surface area contributed by atoms with Gasteiger partial charge in [-0.15, -0.1) is 10.2 Å². The Morgan fingerprint density at radius 3 is 2.96 bits per heavy atom. The standard InChI is InChI=1S/C19H23N7O/c1-13-22-23-18-17(20-8-10-26(13)18)25-9-7-15(12-25)21-19(27)14-5-4-6-16(11-14)24(2)3/h4-6,8,10-11,15H,7,9,12H2,1-3H3,(H,21,27). The van der Waals surface area contributed by atoms with Crippen molar-refractivity contribution >= 4 is 23.1 Å². The second-order valence-corrected chi connectivity index (χ2v) is 7.04. The molecule has 1 aliphatic rings. The van der Waals surface area contributed by atoms with Crippen molar-refractivity contribution in [1.82, 2.24) is 24.9 Å². The molecule has 1 saturated heterocycles. The normalized spacial score (nSPS) is 16.7. The quantitative estimate of drug-likeness (QED) is 0.755. The molecule has 0 aliphatic carbocycles. The van der Waals surface area contributed by atoms with Crippen molar-refractivity contribution in [3.63, 3.8) is 0 Å². The molecule has 140 valence electrons. The van der Waals surface area contributed by atoms with Gasteiger partial charge < -0.3 is 15.1 Å². The van der Waals surface area contributed by atoms with Gasteiger partial charge in [0, 0.05) is 56.9 Å². The van der Waals surface area contributed by atoms with Gasteiger partial charge in [0.25, 0.3) is 5.91 Å². The van der Waals surface area contributed by atoms with Crippen LogP contribution in [-0.2, 0) is 0 Å². The highest BCUT2D eigenvalue weighted by Gasteiger charge is 2.27. The first-order valence-electron chi connectivity index (χ1n) is 9.02. The Balaban J connectivity index is 1.47. The molecule has 3 aromatic rings. The summed E-state index contributed by atoms with van der Waals surface area (Å²) in [6, 6.07) is 7.72. The molecule has 2 aromatic heterocycles. The van der Waals surface area contributed by atoms with Crippen molar-refractivity contribution in [2.75, 3.05) is 37.0 Å². The third-order valence-corrected chi connectivity index (χ3v) is 4.93. The van der Waals surface area contributed by atoms with E-state index < -0.39 is 0 Å². The van der Waals surface area contributed by atoms with E-state index >= 15 is 0 Å². The van der Waals surface area contributed by atoms with Gasteiger partial charge in [0.1, 0.15) is 5.82 Å². The number of carbonyl (C=O) groups is 1. The van der Waals surface area contributed by atoms with Crippen molar-refractivity contribution in [1.29, 1.82) is 0 Å². The monoisotopic (exact) mass is 365 g/mol. The second-order valence-electron chi connectivity index (χ2n) is 7.04. The first-order chi connectivity index (χ1) is 13.0. The molecule has 1 N–H and O–H groups in total. The molecular weight excluding hydrogens is 342 g/mol. The van der Waals surface area contributed by atoms with Gasteiger partial charge in [0.2, 0.25) is 5.65 Å². The van der Waals surface area contributed by atoms with Crippen LogP contribution in [0.15, 0.2) is 36.7 Å². The van der Waals surface area contributed by atoms with Gasteiger partial charge in [-0.25, -0.2) is 4.98 Å². The number of nitrogens with zero attached hydrogens (tertiary/aromatic N) is 6. The second kappa shape index (κ2) is 6.86. The van der Waals surface area contributed by atoms with Crippen molar-refractivity contribution in [2.24, 2.45) is 0 Å². The minimum absolute atomic E-state index is 0.0463. The van der Waals surface area contributed by atoms with E-state index in [4.69, 9.17) is 0 Å². The Morgan fingerprint density at radius 2 is 2.15 bits per heavy atom. The average Bonchev–Trinajstić information content (AvgIpc) is 3.29. The maximum absolute atomic E-state index is 12.6. The van der Waals surface area contributed by atoms with Gasteiger partial charge in [-0.2, -0.15) is 0 Å². The maximum atomic E-state index is 12.6. The molecular formula is C19H23N7O. The van der Waals surface area contributed by atoms with E-state index in [-0.39, 0.29) is 11.9 Å². The molecule has 4 rings (SSSR count). The lowest BCUT2D eigenvalue weighted by atomic mass is 10.1. The number of carbonyl (C=O) groups excluding carboxylic acids is 1. The zero-order chi connectivity index (χ0) is 19.0. The molecule has 1 aliphatic heterocycles. The fourth-order valence-corrected chi connectivity index (χ4v) is 3.42. The number of fused-ring (bicyclic) bond motifs is 1. The Kier molecular flexibility index (Phi) is 4.39. The molecule has 1 aromatic carbocycles. The Hall–Kier alpha value is -3.16. The summed E-state index contributed by atoms with van der Waals surface area (Å²) in [5.41, 5.74) is 2.43. The van der Waals surface area contributed by atoms with Crippen LogP contribution in [0.25, 0.3) is 5.65 Å². The summed E-state index contributed by atoms with van der Waals surface area (Å²) >= 11 is 0. The molecule has 1 atom stereocenters. The molecule has 0 spiro atoms. The van der Waals surface area contributed by atoms with Crippen molar-refractivity contribution in [3.05, 3.63) is 48.0 Å². The highest BCUT2D eigenvalue weighted by molar-refractivity contribution is 5.95. The third kappa shape index (κ3) is 3.30. The van der Waals surface area contributed by atoms with Crippen molar-refractivity contribution in [2.45, 2.75) is 19.4 Å². The molecule has 0 saturated carbocycles. The minimum Gasteiger partial charge on any atom is -0.378 e. The predicted molar refractivity (Wildman–Crippen MR) is 104 cm³/mol. The van der Waals surface area contributed by atoms with Crippen molar-refractivity contribution < 1.29 is 4.79 Å². The number of anilines is 2. The van der Waals surface area contributed by atoms with E-state index in [0.717, 1.165) is 35.9 Å². The van der Waals surface area contributed by atoms with E-state index in [0.29, 0.717) is 12.1 Å². The van der Waals surface area contributed by atoms with Crippen molar-refractivity contribution in [3.8, 4) is 0 Å². The van der Waals surface area contributed by atoms with Crippen LogP contribution >= 0.6 is 0 Å². The Morgan fingerprint density at radius 1 is 1.30 bits per heavy atom. The van der Waals surface area contributed by atoms with Crippen LogP contribution < -0.4 is 15.1 Å². The lowest BCUT2D eigenvalue weighted by Crippen LogP contribution is -2.37. The van der Waals surface area contributed by atoms with E-state index in [1.54, 1.807) is 6.20 Å². The van der Waals surface area contributed by atoms with Crippen LogP contribution in [0.3, 0.4) is 0 Å². The zero-order valence-corrected chi connectivity index (χ0v) is 15.8. The summed E-state index contributed by atoms with van der Waals surface area (Å²) in [6.45, 7) is 3.44. The molecule has 0 bridgehead atoms. The van der Waals surface area contributed by atoms with Gasteiger partial charge in [-0.1, -0.05) is 6.07 Å². The fourth-order valence-electron chi connectivity index (χ4n) is 3.42. The highest BCUT2D eigenvalue weighted by Crippen LogP contribution is 2.22. The summed E-state index contributed by atoms with van der Waals surface area (Å²) in [4.78, 5) is 21.3. The van der Waals surface area contributed by atoms with Gasteiger partial charge in [0.05, 0.1) is 0 Å². The molecule has 27 heavy (non-hydrogen) atoms. The highest BCUT2D eigenvalue weighted by atomic mass is 16.1. The summed E-state index contributed by atoms with van der Waals surface area (Å²) in [6.07, 6.45) is 4.49. The largest absolute Gasteiger partial charge is 0.378 e. The van der Waals surface area contributed by atoms with E-state index in [1.807, 2.05) is 60.8 Å². The zero-order valence-electron chi connectivity index (χ0n) is 15.8. The molecule has 0 radical (unpaired) electrons. The van der Waals surface area contributed by atoms with Crippen LogP contribution in [0.5, 0.6) is 0 Å². The number of rotatable bonds is 4. The number of amides is 1. The Labute approximate surface area is 157 Å². The van der Waals surface area contributed by atoms with Crippen LogP contribution in [0.1, 0.15) is 22.6 Å². The number of aromatic nitrogens is 4. The number of benzene rings is 1. The predicted octanol–water partition coefficient (Wildman–Crippen LogP) is 1.51. The van der Waals surface area contributed by atoms with Crippen LogP contribution in [-0.4, -0.2) is 58.7 Å². The number of nitrogens with one attached hydrogen (secondary N) is 1. The summed E-state index contributed by atoms with van der Waals surface area (Å²) < 4.78 is 1.93. The van der Waals surface area contributed by atoms with Gasteiger partial charge in [0.15, 0.2) is 5.82 Å². The summed E-state index contributed by atoms with van der Waals surface area (Å²) in [5.74, 6) is 1.60. The maximum Gasteiger partial charge on any atom is 0.251 e. The smallest absolute Gasteiger partial charge is 0.251 e. The summed E-state index contributed by atoms with van der Waals surface area (Å²) in [7, 11) is 3.93. The number of hydrogen-bond acceptors (Lipinski definition) is 6. The van der Waals surface area contributed by atoms with E-state index in [9.17, 15) is 4.79 Å². The first kappa shape index (κ1) is 17.3. The topological polar surface area (TPSA) is 78.7 Å². The molecule has 3 heterocycles. The molecule has 1 fully saturated rings. The third-order valence-electron chi connectivity index (χ3n) is 4.93. The van der Waals surface area contributed by atoms with E-state index in [2.05, 4.69) is 25.4 Å². The average molecular weight is 365 g/mol. The number of hydrogen-bond donors (Lipinski definition) is 1. The fraction of sp³-hybridized carbons (Fsp3) is 0.368. The molecule has 8 nitrogen and oxygen atoms in total. The van der Waals surface area contributed by atoms with Crippen LogP contribution in [0.4, 0.5) is 11.5 Å². The summed E-state index contributed by atoms with van der Waals surface area (Å²) in [5, 5.41) is 11.5. The number of aryl methyl sites for hydroxylation is 1. The lowest BCUT2D eigenvalue weighted by molar-refractivity contribution is 0.0940. The first-order valence-corrected chi connectivity index (χ1v) is 9.02. The van der Waals surface area contributed by atoms with Gasteiger partial charge >= 0.3 is 0 Å². The molecule has 8 heteroatoms. The Bertz CT molecular complexity index is 981. The van der Waals surface area contributed by atoms with Crippen LogP contribution in [0, 0.1) is 6.92 Å². The van der Waals surface area contributed by atoms with Gasteiger partial charge in [-0.05, 0) is 31.5 Å².